The third-order valence-corrected chi connectivity index (χ3v) is 3.89. The van der Waals surface area contributed by atoms with E-state index in [2.05, 4.69) is 21.3 Å². The zero-order valence-electron chi connectivity index (χ0n) is 15.8. The van der Waals surface area contributed by atoms with Crippen LogP contribution in [0.1, 0.15) is 18.1 Å². The molecule has 0 spiro atoms. The summed E-state index contributed by atoms with van der Waals surface area (Å²) in [6.07, 6.45) is 0. The van der Waals surface area contributed by atoms with Crippen LogP contribution in [0.5, 0.6) is 0 Å². The van der Waals surface area contributed by atoms with Crippen molar-refractivity contribution >= 4 is 35.7 Å². The van der Waals surface area contributed by atoms with Gasteiger partial charge in [0.25, 0.3) is 0 Å². The number of aryl methyl sites for hydroxylation is 1. The van der Waals surface area contributed by atoms with Gasteiger partial charge >= 0.3 is 6.03 Å². The maximum atomic E-state index is 12.1. The van der Waals surface area contributed by atoms with E-state index in [-0.39, 0.29) is 30.3 Å². The number of hydrogen-bond acceptors (Lipinski definition) is 3. The maximum absolute atomic E-state index is 12.1. The van der Waals surface area contributed by atoms with E-state index in [0.29, 0.717) is 18.8 Å². The summed E-state index contributed by atoms with van der Waals surface area (Å²) in [6, 6.07) is 14.7. The van der Waals surface area contributed by atoms with Gasteiger partial charge in [0.05, 0.1) is 0 Å². The van der Waals surface area contributed by atoms with Gasteiger partial charge in [-0.15, -0.1) is 12.4 Å². The highest BCUT2D eigenvalue weighted by molar-refractivity contribution is 5.99. The lowest BCUT2D eigenvalue weighted by molar-refractivity contribution is -0.124. The molecule has 146 valence electrons. The van der Waals surface area contributed by atoms with E-state index in [1.165, 1.54) is 0 Å². The van der Waals surface area contributed by atoms with E-state index in [1.54, 1.807) is 0 Å². The lowest BCUT2D eigenvalue weighted by Gasteiger charge is -2.12. The Bertz CT molecular complexity index is 767. The molecule has 0 bridgehead atoms. The molecule has 2 rings (SSSR count). The molecule has 3 amide bonds. The fraction of sp³-hybridized carbons (Fsp3) is 0.300. The minimum absolute atomic E-state index is 0. The van der Waals surface area contributed by atoms with Crippen molar-refractivity contribution in [2.45, 2.75) is 20.4 Å². The molecule has 0 aliphatic heterocycles. The summed E-state index contributed by atoms with van der Waals surface area (Å²) in [5, 5.41) is 11.5. The number of carbonyl (C=O) groups excluding carboxylic acids is 2. The quantitative estimate of drug-likeness (QED) is 0.583. The molecule has 0 aliphatic carbocycles. The second kappa shape index (κ2) is 11.2. The van der Waals surface area contributed by atoms with Crippen LogP contribution in [0.15, 0.2) is 48.5 Å². The van der Waals surface area contributed by atoms with Crippen molar-refractivity contribution in [3.63, 3.8) is 0 Å². The Labute approximate surface area is 166 Å². The van der Waals surface area contributed by atoms with Crippen LogP contribution in [0.2, 0.25) is 0 Å². The Morgan fingerprint density at radius 1 is 1.00 bits per heavy atom. The molecule has 4 N–H and O–H groups in total. The number of anilines is 2. The van der Waals surface area contributed by atoms with Gasteiger partial charge in [0.15, 0.2) is 0 Å². The molecule has 0 aromatic heterocycles. The average Bonchev–Trinajstić information content (AvgIpc) is 2.60. The zero-order valence-corrected chi connectivity index (χ0v) is 16.7. The third kappa shape index (κ3) is 7.68. The smallest absolute Gasteiger partial charge is 0.323 e. The second-order valence-electron chi connectivity index (χ2n) is 6.33. The normalized spacial score (nSPS) is 11.1. The van der Waals surface area contributed by atoms with Crippen LogP contribution in [0.25, 0.3) is 0 Å². The van der Waals surface area contributed by atoms with E-state index in [0.717, 1.165) is 16.8 Å². The zero-order chi connectivity index (χ0) is 18.9. The molecule has 0 aliphatic rings. The van der Waals surface area contributed by atoms with E-state index in [4.69, 9.17) is 0 Å². The molecule has 6 nitrogen and oxygen atoms in total. The maximum Gasteiger partial charge on any atom is 0.323 e. The number of nitrogens with one attached hydrogen (secondary N) is 4. The topological polar surface area (TPSA) is 82.3 Å². The Morgan fingerprint density at radius 2 is 1.63 bits per heavy atom. The van der Waals surface area contributed by atoms with Gasteiger partial charge in [-0.1, -0.05) is 31.2 Å². The highest BCUT2D eigenvalue weighted by Gasteiger charge is 2.11. The number of hydrogen-bond donors (Lipinski definition) is 4. The number of carbonyl (C=O) groups is 2. The fourth-order valence-electron chi connectivity index (χ4n) is 2.54. The van der Waals surface area contributed by atoms with Crippen molar-refractivity contribution in [1.82, 2.24) is 10.6 Å². The summed E-state index contributed by atoms with van der Waals surface area (Å²) < 4.78 is 0. The van der Waals surface area contributed by atoms with Gasteiger partial charge in [-0.2, -0.15) is 0 Å². The van der Waals surface area contributed by atoms with Gasteiger partial charge in [-0.05, 0) is 49.4 Å². The molecule has 0 radical (unpaired) electrons. The monoisotopic (exact) mass is 390 g/mol. The molecular formula is C20H27ClN4O2. The third-order valence-electron chi connectivity index (χ3n) is 3.89. The highest BCUT2D eigenvalue weighted by Crippen LogP contribution is 2.13. The fourth-order valence-corrected chi connectivity index (χ4v) is 2.54. The van der Waals surface area contributed by atoms with Crippen molar-refractivity contribution in [3.05, 3.63) is 59.7 Å². The van der Waals surface area contributed by atoms with Gasteiger partial charge < -0.3 is 21.3 Å². The number of urea groups is 1. The van der Waals surface area contributed by atoms with Crippen LogP contribution in [-0.4, -0.2) is 25.5 Å². The van der Waals surface area contributed by atoms with E-state index >= 15 is 0 Å². The number of benzene rings is 2. The average molecular weight is 391 g/mol. The molecule has 2 aromatic rings. The molecule has 0 heterocycles. The summed E-state index contributed by atoms with van der Waals surface area (Å²) in [6.45, 7) is 4.90. The van der Waals surface area contributed by atoms with Crippen molar-refractivity contribution < 1.29 is 9.59 Å². The first-order chi connectivity index (χ1) is 12.5. The lowest BCUT2D eigenvalue weighted by Crippen LogP contribution is -2.33. The van der Waals surface area contributed by atoms with E-state index in [1.807, 2.05) is 69.4 Å². The second-order valence-corrected chi connectivity index (χ2v) is 6.33. The molecule has 0 saturated carbocycles. The summed E-state index contributed by atoms with van der Waals surface area (Å²) >= 11 is 0. The largest absolute Gasteiger partial charge is 0.352 e. The van der Waals surface area contributed by atoms with Crippen LogP contribution >= 0.6 is 12.4 Å². The predicted octanol–water partition coefficient (Wildman–Crippen LogP) is 3.53. The molecule has 0 saturated heterocycles. The van der Waals surface area contributed by atoms with Gasteiger partial charge in [0.2, 0.25) is 5.91 Å². The van der Waals surface area contributed by atoms with Crippen LogP contribution in [0, 0.1) is 12.8 Å². The number of rotatable bonds is 7. The van der Waals surface area contributed by atoms with Gasteiger partial charge in [-0.25, -0.2) is 4.79 Å². The first-order valence-electron chi connectivity index (χ1n) is 8.64. The van der Waals surface area contributed by atoms with Crippen molar-refractivity contribution in [1.29, 1.82) is 0 Å². The van der Waals surface area contributed by atoms with E-state index in [9.17, 15) is 9.59 Å². The Balaban J connectivity index is 0.00000364. The van der Waals surface area contributed by atoms with Crippen LogP contribution in [0.4, 0.5) is 16.2 Å². The Morgan fingerprint density at radius 3 is 2.26 bits per heavy atom. The van der Waals surface area contributed by atoms with Gasteiger partial charge in [0, 0.05) is 30.4 Å². The summed E-state index contributed by atoms with van der Waals surface area (Å²) in [7, 11) is 1.82. The van der Waals surface area contributed by atoms with Crippen LogP contribution in [0.3, 0.4) is 0 Å². The lowest BCUT2D eigenvalue weighted by atomic mass is 10.1. The molecule has 2 aromatic carbocycles. The minimum atomic E-state index is -0.306. The molecular weight excluding hydrogens is 364 g/mol. The number of halogens is 1. The van der Waals surface area contributed by atoms with Crippen molar-refractivity contribution in [3.8, 4) is 0 Å². The molecule has 27 heavy (non-hydrogen) atoms. The predicted molar refractivity (Wildman–Crippen MR) is 112 cm³/mol. The standard InChI is InChI=1S/C20H26N4O2.ClH/c1-14-6-4-8-17(10-14)23-20(26)24-18-9-5-7-16(11-18)13-22-19(25)15(2)12-21-3;/h4-11,15,21H,12-13H2,1-3H3,(H,22,25)(H2,23,24,26);1H. The van der Waals surface area contributed by atoms with Crippen LogP contribution in [-0.2, 0) is 11.3 Å². The van der Waals surface area contributed by atoms with Crippen LogP contribution < -0.4 is 21.3 Å². The molecule has 1 atom stereocenters. The van der Waals surface area contributed by atoms with Gasteiger partial charge in [0.1, 0.15) is 0 Å². The number of amides is 3. The summed E-state index contributed by atoms with van der Waals surface area (Å²) in [5.74, 6) is -0.101. The summed E-state index contributed by atoms with van der Waals surface area (Å²) in [4.78, 5) is 24.1. The molecule has 1 unspecified atom stereocenters. The van der Waals surface area contributed by atoms with Crippen molar-refractivity contribution in [2.24, 2.45) is 5.92 Å². The first kappa shape index (κ1) is 22.5. The molecule has 0 fully saturated rings. The molecule has 7 heteroatoms. The SMILES string of the molecule is CNCC(C)C(=O)NCc1cccc(NC(=O)Nc2cccc(C)c2)c1.Cl. The Hall–Kier alpha value is -2.57. The highest BCUT2D eigenvalue weighted by atomic mass is 35.5. The first-order valence-corrected chi connectivity index (χ1v) is 8.64. The minimum Gasteiger partial charge on any atom is -0.352 e. The van der Waals surface area contributed by atoms with Crippen molar-refractivity contribution in [2.75, 3.05) is 24.2 Å². The summed E-state index contributed by atoms with van der Waals surface area (Å²) in [5.41, 5.74) is 3.41. The Kier molecular flexibility index (Phi) is 9.33. The van der Waals surface area contributed by atoms with E-state index < -0.39 is 0 Å². The van der Waals surface area contributed by atoms with Gasteiger partial charge in [-0.3, -0.25) is 4.79 Å².